The first-order valence-electron chi connectivity index (χ1n) is 9.06. The van der Waals surface area contributed by atoms with Gasteiger partial charge in [0, 0.05) is 10.8 Å². The topological polar surface area (TPSA) is 52.6 Å². The molecule has 1 heterocycles. The zero-order valence-corrected chi connectivity index (χ0v) is 16.9. The molecular weight excluding hydrogens is 356 g/mol. The average molecular weight is 381 g/mol. The summed E-state index contributed by atoms with van der Waals surface area (Å²) in [5.41, 5.74) is 0.461. The van der Waals surface area contributed by atoms with Gasteiger partial charge in [0.05, 0.1) is 14.2 Å². The fourth-order valence-electron chi connectivity index (χ4n) is 4.25. The number of hydrogen-bond acceptors (Lipinski definition) is 4. The third kappa shape index (κ3) is 3.35. The molecule has 1 atom stereocenters. The van der Waals surface area contributed by atoms with E-state index < -0.39 is 20.0 Å². The molecule has 0 bridgehead atoms. The Kier molecular flexibility index (Phi) is 5.61. The molecule has 2 aromatic rings. The van der Waals surface area contributed by atoms with Gasteiger partial charge in [0.1, 0.15) is 0 Å². The predicted molar refractivity (Wildman–Crippen MR) is 108 cm³/mol. The summed E-state index contributed by atoms with van der Waals surface area (Å²) in [7, 11) is -0.0180. The van der Waals surface area contributed by atoms with E-state index in [1.165, 1.54) is 14.2 Å². The summed E-state index contributed by atoms with van der Waals surface area (Å²) in [5, 5.41) is 2.72. The van der Waals surface area contributed by atoms with Crippen molar-refractivity contribution in [3.05, 3.63) is 71.4 Å². The third-order valence-electron chi connectivity index (χ3n) is 5.29. The van der Waals surface area contributed by atoms with Crippen molar-refractivity contribution in [2.75, 3.05) is 14.2 Å². The first kappa shape index (κ1) is 19.1. The van der Waals surface area contributed by atoms with Crippen LogP contribution in [0.2, 0.25) is 6.04 Å². The second kappa shape index (κ2) is 7.92. The Bertz CT molecular complexity index is 819. The van der Waals surface area contributed by atoms with Crippen molar-refractivity contribution < 1.29 is 19.1 Å². The van der Waals surface area contributed by atoms with Crippen LogP contribution in [-0.2, 0) is 19.1 Å². The van der Waals surface area contributed by atoms with Gasteiger partial charge in [-0.25, -0.2) is 9.59 Å². The first-order chi connectivity index (χ1) is 13.0. The molecule has 0 saturated heterocycles. The Labute approximate surface area is 160 Å². The number of hydrogen-bond donors (Lipinski definition) is 0. The largest absolute Gasteiger partial charge is 0.466 e. The molecule has 5 heteroatoms. The number of ether oxygens (including phenoxy) is 2. The molecule has 1 unspecified atom stereocenters. The highest BCUT2D eigenvalue weighted by Gasteiger charge is 2.51. The van der Waals surface area contributed by atoms with E-state index in [-0.39, 0.29) is 5.92 Å². The van der Waals surface area contributed by atoms with Crippen molar-refractivity contribution in [1.29, 1.82) is 0 Å². The van der Waals surface area contributed by atoms with Gasteiger partial charge in [0.15, 0.2) is 8.07 Å². The van der Waals surface area contributed by atoms with Crippen molar-refractivity contribution in [2.24, 2.45) is 5.92 Å². The van der Waals surface area contributed by atoms with Crippen molar-refractivity contribution in [3.8, 4) is 0 Å². The van der Waals surface area contributed by atoms with Crippen LogP contribution < -0.4 is 10.4 Å². The van der Waals surface area contributed by atoms with E-state index in [0.717, 1.165) is 16.4 Å². The summed E-state index contributed by atoms with van der Waals surface area (Å²) < 4.78 is 10.2. The van der Waals surface area contributed by atoms with E-state index in [2.05, 4.69) is 31.2 Å². The van der Waals surface area contributed by atoms with Crippen LogP contribution in [0.3, 0.4) is 0 Å². The molecule has 4 nitrogen and oxygen atoms in total. The van der Waals surface area contributed by atoms with Gasteiger partial charge >= 0.3 is 11.9 Å². The maximum absolute atomic E-state index is 13.0. The van der Waals surface area contributed by atoms with Crippen molar-refractivity contribution in [3.63, 3.8) is 0 Å². The molecule has 3 rings (SSSR count). The van der Waals surface area contributed by atoms with E-state index in [9.17, 15) is 9.59 Å². The Balaban J connectivity index is 2.42. The van der Waals surface area contributed by atoms with Crippen LogP contribution in [0.15, 0.2) is 71.4 Å². The molecule has 0 spiro atoms. The lowest BCUT2D eigenvalue weighted by Crippen LogP contribution is -2.64. The monoisotopic (exact) mass is 380 g/mol. The fraction of sp³-hybridized carbons (Fsp3) is 0.273. The van der Waals surface area contributed by atoms with Gasteiger partial charge in [-0.1, -0.05) is 67.6 Å². The lowest BCUT2D eigenvalue weighted by molar-refractivity contribution is -0.139. The van der Waals surface area contributed by atoms with Crippen LogP contribution in [0.5, 0.6) is 0 Å². The molecule has 0 amide bonds. The summed E-state index contributed by atoms with van der Waals surface area (Å²) in [4.78, 5) is 25.6. The van der Waals surface area contributed by atoms with Crippen LogP contribution in [0.25, 0.3) is 0 Å². The Morgan fingerprint density at radius 1 is 0.852 bits per heavy atom. The fourth-order valence-corrected chi connectivity index (χ4v) is 9.72. The Hall–Kier alpha value is -2.66. The standard InChI is InChI=1S/C22H24O4Si/c1-16-14-19(21(23)25-2)20(22(24)26-3)27(15-16,17-10-6-4-7-11-17)18-12-8-5-9-13-18/h4-13,16H,14-15H2,1-3H3. The van der Waals surface area contributed by atoms with E-state index in [1.807, 2.05) is 36.4 Å². The first-order valence-corrected chi connectivity index (χ1v) is 11.3. The molecule has 0 N–H and O–H groups in total. The molecule has 0 aromatic heterocycles. The van der Waals surface area contributed by atoms with Crippen LogP contribution in [0, 0.1) is 5.92 Å². The quantitative estimate of drug-likeness (QED) is 0.604. The van der Waals surface area contributed by atoms with Gasteiger partial charge in [-0.05, 0) is 28.8 Å². The van der Waals surface area contributed by atoms with Gasteiger partial charge in [-0.2, -0.15) is 0 Å². The zero-order chi connectivity index (χ0) is 19.4. The van der Waals surface area contributed by atoms with E-state index in [4.69, 9.17) is 9.47 Å². The lowest BCUT2D eigenvalue weighted by atomic mass is 10.0. The number of carbonyl (C=O) groups is 2. The van der Waals surface area contributed by atoms with E-state index >= 15 is 0 Å². The van der Waals surface area contributed by atoms with Gasteiger partial charge < -0.3 is 9.47 Å². The second-order valence-electron chi connectivity index (χ2n) is 6.99. The number of rotatable bonds is 4. The molecule has 1 aliphatic rings. The molecular formula is C22H24O4Si. The molecule has 0 saturated carbocycles. The highest BCUT2D eigenvalue weighted by molar-refractivity contribution is 7.10. The van der Waals surface area contributed by atoms with Crippen molar-refractivity contribution in [1.82, 2.24) is 0 Å². The molecule has 1 aliphatic heterocycles. The average Bonchev–Trinajstić information content (AvgIpc) is 2.73. The Morgan fingerprint density at radius 2 is 1.33 bits per heavy atom. The third-order valence-corrected chi connectivity index (χ3v) is 10.6. The van der Waals surface area contributed by atoms with Gasteiger partial charge in [0.25, 0.3) is 0 Å². The van der Waals surface area contributed by atoms with E-state index in [1.54, 1.807) is 0 Å². The van der Waals surface area contributed by atoms with E-state index in [0.29, 0.717) is 17.2 Å². The van der Waals surface area contributed by atoms with Crippen molar-refractivity contribution in [2.45, 2.75) is 19.4 Å². The van der Waals surface area contributed by atoms with Crippen LogP contribution in [0.4, 0.5) is 0 Å². The smallest absolute Gasteiger partial charge is 0.333 e. The van der Waals surface area contributed by atoms with Crippen LogP contribution in [-0.4, -0.2) is 34.2 Å². The maximum Gasteiger partial charge on any atom is 0.333 e. The van der Waals surface area contributed by atoms with Gasteiger partial charge in [0.2, 0.25) is 0 Å². The normalized spacial score (nSPS) is 18.7. The highest BCUT2D eigenvalue weighted by Crippen LogP contribution is 2.37. The number of benzene rings is 2. The summed E-state index contributed by atoms with van der Waals surface area (Å²) in [6.07, 6.45) is 0.519. The number of methoxy groups -OCH3 is 2. The molecule has 2 aromatic carbocycles. The minimum absolute atomic E-state index is 0.250. The molecule has 0 aliphatic carbocycles. The molecule has 27 heavy (non-hydrogen) atoms. The Morgan fingerprint density at radius 3 is 1.78 bits per heavy atom. The highest BCUT2D eigenvalue weighted by atomic mass is 28.3. The summed E-state index contributed by atoms with van der Waals surface area (Å²) >= 11 is 0. The molecule has 140 valence electrons. The SMILES string of the molecule is COC(=O)C1=C(C(=O)OC)[Si](c2ccccc2)(c2ccccc2)CC(C)C1. The van der Waals surface area contributed by atoms with Crippen LogP contribution in [0.1, 0.15) is 13.3 Å². The number of carbonyl (C=O) groups excluding carboxylic acids is 2. The second-order valence-corrected chi connectivity index (χ2v) is 10.9. The minimum Gasteiger partial charge on any atom is -0.466 e. The maximum atomic E-state index is 13.0. The molecule has 0 fully saturated rings. The summed E-state index contributed by atoms with van der Waals surface area (Å²) in [6.45, 7) is 2.13. The van der Waals surface area contributed by atoms with Gasteiger partial charge in [-0.3, -0.25) is 0 Å². The predicted octanol–water partition coefficient (Wildman–Crippen LogP) is 2.47. The lowest BCUT2D eigenvalue weighted by Gasteiger charge is -2.40. The summed E-state index contributed by atoms with van der Waals surface area (Å²) in [5.74, 6) is -0.619. The van der Waals surface area contributed by atoms with Gasteiger partial charge in [-0.15, -0.1) is 0 Å². The minimum atomic E-state index is -2.75. The van der Waals surface area contributed by atoms with Crippen LogP contribution >= 0.6 is 0 Å². The summed E-state index contributed by atoms with van der Waals surface area (Å²) in [6, 6.07) is 21.0. The molecule has 0 radical (unpaired) electrons. The number of esters is 2. The zero-order valence-electron chi connectivity index (χ0n) is 15.9. The van der Waals surface area contributed by atoms with Crippen molar-refractivity contribution >= 4 is 30.4 Å².